The van der Waals surface area contributed by atoms with Gasteiger partial charge in [0.05, 0.1) is 10.9 Å². The lowest BCUT2D eigenvalue weighted by molar-refractivity contribution is -0.121. The fraction of sp³-hybridized carbons (Fsp3) is 0.400. The van der Waals surface area contributed by atoms with E-state index in [2.05, 4.69) is 4.98 Å². The Morgan fingerprint density at radius 1 is 1.60 bits per heavy atom. The predicted molar refractivity (Wildman–Crippen MR) is 58.8 cm³/mol. The number of hydrogen-bond donors (Lipinski definition) is 1. The lowest BCUT2D eigenvalue weighted by atomic mass is 10.1. The zero-order valence-electron chi connectivity index (χ0n) is 8.19. The first-order valence-corrected chi connectivity index (χ1v) is 5.20. The van der Waals surface area contributed by atoms with Crippen LogP contribution in [0.25, 0.3) is 0 Å². The molecule has 1 aromatic rings. The maximum absolute atomic E-state index is 11.0. The van der Waals surface area contributed by atoms with E-state index in [9.17, 15) is 4.79 Å². The Morgan fingerprint density at radius 3 is 2.93 bits per heavy atom. The molecule has 1 amide bonds. The summed E-state index contributed by atoms with van der Waals surface area (Å²) in [6.45, 7) is 1.48. The van der Waals surface area contributed by atoms with Gasteiger partial charge in [0.15, 0.2) is 0 Å². The molecule has 1 aliphatic rings. The fourth-order valence-electron chi connectivity index (χ4n) is 1.76. The molecule has 80 valence electrons. The van der Waals surface area contributed by atoms with Crippen molar-refractivity contribution in [2.45, 2.75) is 6.42 Å². The van der Waals surface area contributed by atoms with Crippen LogP contribution < -0.4 is 10.6 Å². The molecule has 0 radical (unpaired) electrons. The average Bonchev–Trinajstić information content (AvgIpc) is 2.68. The van der Waals surface area contributed by atoms with Gasteiger partial charge in [-0.25, -0.2) is 4.98 Å². The number of halogens is 1. The second-order valence-electron chi connectivity index (χ2n) is 3.67. The highest BCUT2D eigenvalue weighted by Gasteiger charge is 2.27. The van der Waals surface area contributed by atoms with Crippen molar-refractivity contribution in [1.29, 1.82) is 0 Å². The van der Waals surface area contributed by atoms with Crippen molar-refractivity contribution in [2.24, 2.45) is 11.7 Å². The second kappa shape index (κ2) is 4.06. The summed E-state index contributed by atoms with van der Waals surface area (Å²) in [6.07, 6.45) is 2.41. The van der Waals surface area contributed by atoms with Crippen LogP contribution in [0, 0.1) is 5.92 Å². The van der Waals surface area contributed by atoms with E-state index in [0.29, 0.717) is 11.6 Å². The Balaban J connectivity index is 2.07. The molecule has 2 heterocycles. The second-order valence-corrected chi connectivity index (χ2v) is 4.11. The van der Waals surface area contributed by atoms with Gasteiger partial charge in [0.1, 0.15) is 5.82 Å². The molecule has 2 N–H and O–H groups in total. The molecule has 2 rings (SSSR count). The number of rotatable bonds is 2. The maximum Gasteiger partial charge on any atom is 0.222 e. The normalized spacial score (nSPS) is 20.6. The molecule has 0 saturated carbocycles. The summed E-state index contributed by atoms with van der Waals surface area (Å²) in [7, 11) is 0. The Hall–Kier alpha value is -1.29. The molecule has 1 aliphatic heterocycles. The molecule has 4 nitrogen and oxygen atoms in total. The Labute approximate surface area is 93.0 Å². The molecular weight excluding hydrogens is 214 g/mol. The number of aromatic nitrogens is 1. The number of amides is 1. The highest BCUT2D eigenvalue weighted by atomic mass is 35.5. The van der Waals surface area contributed by atoms with Crippen molar-refractivity contribution in [3.05, 3.63) is 23.4 Å². The van der Waals surface area contributed by atoms with Crippen molar-refractivity contribution >= 4 is 23.3 Å². The summed E-state index contributed by atoms with van der Waals surface area (Å²) in [4.78, 5) is 17.2. The topological polar surface area (TPSA) is 59.2 Å². The summed E-state index contributed by atoms with van der Waals surface area (Å²) < 4.78 is 0. The number of hydrogen-bond acceptors (Lipinski definition) is 3. The predicted octanol–water partition coefficient (Wildman–Crippen LogP) is 1.05. The number of carbonyl (C=O) groups excluding carboxylic acids is 1. The van der Waals surface area contributed by atoms with E-state index in [1.807, 2.05) is 11.0 Å². The molecule has 1 saturated heterocycles. The van der Waals surface area contributed by atoms with Crippen LogP contribution in [0.2, 0.25) is 5.02 Å². The molecule has 0 bridgehead atoms. The van der Waals surface area contributed by atoms with Gasteiger partial charge in [-0.3, -0.25) is 4.79 Å². The lowest BCUT2D eigenvalue weighted by Gasteiger charge is -2.16. The molecule has 0 aromatic carbocycles. The van der Waals surface area contributed by atoms with Crippen LogP contribution in [0.4, 0.5) is 5.82 Å². The van der Waals surface area contributed by atoms with Crippen LogP contribution in [0.15, 0.2) is 18.3 Å². The molecule has 1 unspecified atom stereocenters. The first-order valence-electron chi connectivity index (χ1n) is 4.82. The van der Waals surface area contributed by atoms with E-state index in [1.165, 1.54) is 0 Å². The highest BCUT2D eigenvalue weighted by molar-refractivity contribution is 6.30. The molecule has 5 heteroatoms. The highest BCUT2D eigenvalue weighted by Crippen LogP contribution is 2.22. The van der Waals surface area contributed by atoms with Crippen molar-refractivity contribution in [3.8, 4) is 0 Å². The number of pyridine rings is 1. The number of anilines is 1. The van der Waals surface area contributed by atoms with Gasteiger partial charge in [0.25, 0.3) is 0 Å². The quantitative estimate of drug-likeness (QED) is 0.819. The Bertz CT molecular complexity index is 365. The van der Waals surface area contributed by atoms with Gasteiger partial charge in [-0.05, 0) is 18.6 Å². The third kappa shape index (κ3) is 2.21. The SMILES string of the molecule is NC(=O)C1CCN(c2ccc(Cl)cn2)C1. The van der Waals surface area contributed by atoms with E-state index in [0.717, 1.165) is 18.8 Å². The smallest absolute Gasteiger partial charge is 0.222 e. The minimum Gasteiger partial charge on any atom is -0.369 e. The molecular formula is C10H12ClN3O. The first kappa shape index (κ1) is 10.2. The molecule has 1 atom stereocenters. The lowest BCUT2D eigenvalue weighted by Crippen LogP contribution is -2.27. The van der Waals surface area contributed by atoms with Crippen molar-refractivity contribution in [2.75, 3.05) is 18.0 Å². The van der Waals surface area contributed by atoms with Crippen LogP contribution in [-0.4, -0.2) is 24.0 Å². The van der Waals surface area contributed by atoms with E-state index in [1.54, 1.807) is 12.3 Å². The van der Waals surface area contributed by atoms with Crippen LogP contribution in [0.1, 0.15) is 6.42 Å². The summed E-state index contributed by atoms with van der Waals surface area (Å²) in [5, 5.41) is 0.615. The average molecular weight is 226 g/mol. The third-order valence-electron chi connectivity index (χ3n) is 2.63. The number of carbonyl (C=O) groups is 1. The van der Waals surface area contributed by atoms with Gasteiger partial charge in [-0.15, -0.1) is 0 Å². The minimum absolute atomic E-state index is 0.0533. The fourth-order valence-corrected chi connectivity index (χ4v) is 1.87. The van der Waals surface area contributed by atoms with Crippen molar-refractivity contribution < 1.29 is 4.79 Å². The summed E-state index contributed by atoms with van der Waals surface area (Å²) in [5.41, 5.74) is 5.26. The van der Waals surface area contributed by atoms with Gasteiger partial charge in [-0.1, -0.05) is 11.6 Å². The monoisotopic (exact) mass is 225 g/mol. The molecule has 0 spiro atoms. The van der Waals surface area contributed by atoms with Gasteiger partial charge in [-0.2, -0.15) is 0 Å². The first-order chi connectivity index (χ1) is 7.16. The summed E-state index contributed by atoms with van der Waals surface area (Å²) >= 11 is 5.74. The van der Waals surface area contributed by atoms with E-state index in [-0.39, 0.29) is 11.8 Å². The van der Waals surface area contributed by atoms with Crippen LogP contribution in [0.5, 0.6) is 0 Å². The number of nitrogens with zero attached hydrogens (tertiary/aromatic N) is 2. The van der Waals surface area contributed by atoms with Crippen LogP contribution in [-0.2, 0) is 4.79 Å². The number of primary amides is 1. The Kier molecular flexibility index (Phi) is 2.77. The largest absolute Gasteiger partial charge is 0.369 e. The van der Waals surface area contributed by atoms with Crippen molar-refractivity contribution in [1.82, 2.24) is 4.98 Å². The van der Waals surface area contributed by atoms with Gasteiger partial charge in [0.2, 0.25) is 5.91 Å². The van der Waals surface area contributed by atoms with Gasteiger partial charge >= 0.3 is 0 Å². The van der Waals surface area contributed by atoms with Crippen LogP contribution >= 0.6 is 11.6 Å². The van der Waals surface area contributed by atoms with E-state index >= 15 is 0 Å². The standard InChI is InChI=1S/C10H12ClN3O/c11-8-1-2-9(13-5-8)14-4-3-7(6-14)10(12)15/h1-2,5,7H,3-4,6H2,(H2,12,15). The molecule has 1 fully saturated rings. The van der Waals surface area contributed by atoms with Gasteiger partial charge < -0.3 is 10.6 Å². The van der Waals surface area contributed by atoms with E-state index in [4.69, 9.17) is 17.3 Å². The van der Waals surface area contributed by atoms with Crippen LogP contribution in [0.3, 0.4) is 0 Å². The minimum atomic E-state index is -0.230. The Morgan fingerprint density at radius 2 is 2.40 bits per heavy atom. The van der Waals surface area contributed by atoms with E-state index < -0.39 is 0 Å². The summed E-state index contributed by atoms with van der Waals surface area (Å²) in [5.74, 6) is 0.567. The zero-order valence-corrected chi connectivity index (χ0v) is 8.94. The zero-order chi connectivity index (χ0) is 10.8. The number of nitrogens with two attached hydrogens (primary N) is 1. The third-order valence-corrected chi connectivity index (χ3v) is 2.85. The molecule has 15 heavy (non-hydrogen) atoms. The maximum atomic E-state index is 11.0. The summed E-state index contributed by atoms with van der Waals surface area (Å²) in [6, 6.07) is 3.65. The van der Waals surface area contributed by atoms with Crippen molar-refractivity contribution in [3.63, 3.8) is 0 Å². The molecule has 0 aliphatic carbocycles. The van der Waals surface area contributed by atoms with Gasteiger partial charge in [0, 0.05) is 19.3 Å². The molecule has 1 aromatic heterocycles.